The van der Waals surface area contributed by atoms with Gasteiger partial charge in [0.15, 0.2) is 5.82 Å². The van der Waals surface area contributed by atoms with Crippen LogP contribution in [0.4, 0.5) is 0 Å². The minimum Gasteiger partial charge on any atom is -0.326 e. The molecule has 17 heavy (non-hydrogen) atoms. The Kier molecular flexibility index (Phi) is 2.64. The molecule has 2 heterocycles. The van der Waals surface area contributed by atoms with Gasteiger partial charge in [0.1, 0.15) is 6.33 Å². The van der Waals surface area contributed by atoms with E-state index in [1.165, 1.54) is 18.5 Å². The lowest BCUT2D eigenvalue weighted by Crippen LogP contribution is -2.18. The summed E-state index contributed by atoms with van der Waals surface area (Å²) in [7, 11) is 1.95. The molecule has 0 unspecified atom stereocenters. The fourth-order valence-corrected chi connectivity index (χ4v) is 1.78. The molecule has 1 saturated carbocycles. The smallest absolute Gasteiger partial charge is 0.152 e. The Morgan fingerprint density at radius 1 is 1.41 bits per heavy atom. The molecule has 2 aromatic rings. The van der Waals surface area contributed by atoms with Crippen molar-refractivity contribution in [2.24, 2.45) is 7.05 Å². The van der Waals surface area contributed by atoms with E-state index in [9.17, 15) is 0 Å². The lowest BCUT2D eigenvalue weighted by atomic mass is 10.4. The molecule has 1 fully saturated rings. The molecule has 6 heteroatoms. The van der Waals surface area contributed by atoms with Crippen molar-refractivity contribution < 1.29 is 0 Å². The Balaban J connectivity index is 1.69. The normalized spacial score (nSPS) is 15.4. The Hall–Kier alpha value is -1.69. The molecular weight excluding hydrogens is 216 g/mol. The number of nitrogens with one attached hydrogen (secondary N) is 1. The van der Waals surface area contributed by atoms with Gasteiger partial charge in [-0.15, -0.1) is 10.2 Å². The van der Waals surface area contributed by atoms with Gasteiger partial charge in [-0.1, -0.05) is 0 Å². The Bertz CT molecular complexity index is 496. The zero-order valence-corrected chi connectivity index (χ0v) is 9.87. The number of hydrogen-bond donors (Lipinski definition) is 1. The van der Waals surface area contributed by atoms with Crippen LogP contribution in [-0.4, -0.2) is 30.4 Å². The predicted octanol–water partition coefficient (Wildman–Crippen LogP) is 0.312. The summed E-state index contributed by atoms with van der Waals surface area (Å²) in [5.41, 5.74) is 1.19. The van der Waals surface area contributed by atoms with Gasteiger partial charge in [0, 0.05) is 25.8 Å². The zero-order chi connectivity index (χ0) is 11.7. The molecule has 1 aliphatic carbocycles. The third kappa shape index (κ3) is 2.36. The molecule has 0 aromatic carbocycles. The minimum atomic E-state index is 0.716. The molecule has 2 aromatic heterocycles. The first kappa shape index (κ1) is 10.5. The summed E-state index contributed by atoms with van der Waals surface area (Å²) in [4.78, 5) is 4.20. The van der Waals surface area contributed by atoms with Crippen LogP contribution < -0.4 is 5.32 Å². The van der Waals surface area contributed by atoms with Gasteiger partial charge in [-0.2, -0.15) is 0 Å². The van der Waals surface area contributed by atoms with Crippen molar-refractivity contribution in [1.29, 1.82) is 0 Å². The topological polar surface area (TPSA) is 60.6 Å². The Labute approximate surface area is 99.7 Å². The standard InChI is InChI=1S/C11H16N6/c1-16-8-14-15-11(16)6-17-7-12-4-10(17)5-13-9-2-3-9/h4,7-9,13H,2-3,5-6H2,1H3. The third-order valence-electron chi connectivity index (χ3n) is 3.06. The van der Waals surface area contributed by atoms with Gasteiger partial charge < -0.3 is 14.5 Å². The van der Waals surface area contributed by atoms with E-state index in [2.05, 4.69) is 25.1 Å². The van der Waals surface area contributed by atoms with E-state index in [4.69, 9.17) is 0 Å². The van der Waals surface area contributed by atoms with E-state index in [0.717, 1.165) is 18.9 Å². The second-order valence-electron chi connectivity index (χ2n) is 4.53. The molecule has 0 bridgehead atoms. The van der Waals surface area contributed by atoms with Gasteiger partial charge >= 0.3 is 0 Å². The van der Waals surface area contributed by atoms with Crippen LogP contribution in [0, 0.1) is 0 Å². The molecule has 0 atom stereocenters. The molecular formula is C11H16N6. The molecule has 0 spiro atoms. The van der Waals surface area contributed by atoms with Crippen LogP contribution >= 0.6 is 0 Å². The minimum absolute atomic E-state index is 0.716. The number of nitrogens with zero attached hydrogens (tertiary/aromatic N) is 5. The van der Waals surface area contributed by atoms with E-state index in [1.807, 2.05) is 24.1 Å². The highest BCUT2D eigenvalue weighted by Gasteiger charge is 2.20. The Morgan fingerprint density at radius 3 is 3.00 bits per heavy atom. The van der Waals surface area contributed by atoms with Gasteiger partial charge in [-0.25, -0.2) is 4.98 Å². The molecule has 6 nitrogen and oxygen atoms in total. The fourth-order valence-electron chi connectivity index (χ4n) is 1.78. The maximum atomic E-state index is 4.20. The second-order valence-corrected chi connectivity index (χ2v) is 4.53. The molecule has 1 N–H and O–H groups in total. The summed E-state index contributed by atoms with van der Waals surface area (Å²) in [5, 5.41) is 11.5. The molecule has 0 aliphatic heterocycles. The summed E-state index contributed by atoms with van der Waals surface area (Å²) < 4.78 is 4.04. The van der Waals surface area contributed by atoms with Crippen LogP contribution in [0.15, 0.2) is 18.9 Å². The van der Waals surface area contributed by atoms with Crippen LogP contribution in [0.3, 0.4) is 0 Å². The summed E-state index contributed by atoms with van der Waals surface area (Å²) in [6.45, 7) is 1.60. The largest absolute Gasteiger partial charge is 0.326 e. The molecule has 0 saturated heterocycles. The van der Waals surface area contributed by atoms with Crippen LogP contribution in [0.2, 0.25) is 0 Å². The third-order valence-corrected chi connectivity index (χ3v) is 3.06. The zero-order valence-electron chi connectivity index (χ0n) is 9.87. The number of hydrogen-bond acceptors (Lipinski definition) is 4. The van der Waals surface area contributed by atoms with Crippen molar-refractivity contribution in [1.82, 2.24) is 29.6 Å². The predicted molar refractivity (Wildman–Crippen MR) is 62.2 cm³/mol. The van der Waals surface area contributed by atoms with Gasteiger partial charge in [-0.3, -0.25) is 0 Å². The van der Waals surface area contributed by atoms with Gasteiger partial charge in [0.05, 0.1) is 18.6 Å². The monoisotopic (exact) mass is 232 g/mol. The van der Waals surface area contributed by atoms with Crippen molar-refractivity contribution in [3.8, 4) is 0 Å². The van der Waals surface area contributed by atoms with Crippen LogP contribution in [0.25, 0.3) is 0 Å². The first-order valence-electron chi connectivity index (χ1n) is 5.88. The highest BCUT2D eigenvalue weighted by Crippen LogP contribution is 2.19. The van der Waals surface area contributed by atoms with Crippen molar-refractivity contribution in [2.75, 3.05) is 0 Å². The van der Waals surface area contributed by atoms with Crippen molar-refractivity contribution in [3.63, 3.8) is 0 Å². The molecule has 1 aliphatic rings. The van der Waals surface area contributed by atoms with Gasteiger partial charge in [-0.05, 0) is 12.8 Å². The fraction of sp³-hybridized carbons (Fsp3) is 0.545. The highest BCUT2D eigenvalue weighted by atomic mass is 15.3. The maximum Gasteiger partial charge on any atom is 0.152 e. The van der Waals surface area contributed by atoms with E-state index in [-0.39, 0.29) is 0 Å². The lowest BCUT2D eigenvalue weighted by Gasteiger charge is -2.08. The first-order valence-corrected chi connectivity index (χ1v) is 5.88. The number of aromatic nitrogens is 5. The van der Waals surface area contributed by atoms with Crippen LogP contribution in [0.5, 0.6) is 0 Å². The van der Waals surface area contributed by atoms with Crippen molar-refractivity contribution in [3.05, 3.63) is 30.4 Å². The second kappa shape index (κ2) is 4.29. The Morgan fingerprint density at radius 2 is 2.29 bits per heavy atom. The first-order chi connectivity index (χ1) is 8.33. The molecule has 90 valence electrons. The average Bonchev–Trinajstić information content (AvgIpc) is 2.92. The van der Waals surface area contributed by atoms with Crippen LogP contribution in [-0.2, 0) is 20.1 Å². The summed E-state index contributed by atoms with van der Waals surface area (Å²) >= 11 is 0. The van der Waals surface area contributed by atoms with Crippen molar-refractivity contribution >= 4 is 0 Å². The van der Waals surface area contributed by atoms with Crippen LogP contribution in [0.1, 0.15) is 24.4 Å². The van der Waals surface area contributed by atoms with Gasteiger partial charge in [0.25, 0.3) is 0 Å². The molecule has 0 radical (unpaired) electrons. The number of rotatable bonds is 5. The quantitative estimate of drug-likeness (QED) is 0.806. The summed E-state index contributed by atoms with van der Waals surface area (Å²) in [5.74, 6) is 0.940. The average molecular weight is 232 g/mol. The van der Waals surface area contributed by atoms with E-state index in [1.54, 1.807) is 6.33 Å². The summed E-state index contributed by atoms with van der Waals surface area (Å²) in [6.07, 6.45) is 8.08. The molecule has 3 rings (SSSR count). The number of aryl methyl sites for hydroxylation is 1. The van der Waals surface area contributed by atoms with E-state index >= 15 is 0 Å². The van der Waals surface area contributed by atoms with Gasteiger partial charge in [0.2, 0.25) is 0 Å². The molecule has 0 amide bonds. The number of imidazole rings is 1. The lowest BCUT2D eigenvalue weighted by molar-refractivity contribution is 0.615. The maximum absolute atomic E-state index is 4.20. The van der Waals surface area contributed by atoms with E-state index < -0.39 is 0 Å². The highest BCUT2D eigenvalue weighted by molar-refractivity contribution is 5.02. The van der Waals surface area contributed by atoms with Crippen molar-refractivity contribution in [2.45, 2.75) is 32.0 Å². The summed E-state index contributed by atoms with van der Waals surface area (Å²) in [6, 6.07) is 0.716. The SMILES string of the molecule is Cn1cnnc1Cn1cncc1CNC1CC1. The van der Waals surface area contributed by atoms with E-state index in [0.29, 0.717) is 6.04 Å².